The predicted molar refractivity (Wildman–Crippen MR) is 97.7 cm³/mol. The minimum Gasteiger partial charge on any atom is -0.360 e. The molecule has 2 aromatic rings. The molecule has 1 unspecified atom stereocenters. The van der Waals surface area contributed by atoms with Gasteiger partial charge < -0.3 is 9.84 Å². The Morgan fingerprint density at radius 1 is 1.28 bits per heavy atom. The lowest BCUT2D eigenvalue weighted by Gasteiger charge is -2.37. The molecular weight excluding hydrogens is 340 g/mol. The van der Waals surface area contributed by atoms with Crippen LogP contribution in [0.1, 0.15) is 24.3 Å². The molecule has 3 rings (SSSR count). The van der Waals surface area contributed by atoms with Crippen LogP contribution in [0, 0.1) is 6.92 Å². The van der Waals surface area contributed by atoms with Crippen molar-refractivity contribution < 1.29 is 9.32 Å². The van der Waals surface area contributed by atoms with Crippen LogP contribution in [0.2, 0.25) is 5.02 Å². The van der Waals surface area contributed by atoms with Gasteiger partial charge in [-0.25, -0.2) is 0 Å². The van der Waals surface area contributed by atoms with Crippen LogP contribution >= 0.6 is 11.6 Å². The van der Waals surface area contributed by atoms with Crippen LogP contribution in [0.5, 0.6) is 0 Å². The standard InChI is InChI=1S/C18H23ClN4O2/c1-13-11-17(21-25-13)20-18(24)12-22-7-9-23(10-8-22)14(2)15-3-5-16(19)6-4-15/h3-6,11,14H,7-10,12H2,1-2H3,(H,20,21,24). The fourth-order valence-corrected chi connectivity index (χ4v) is 3.20. The number of hydrogen-bond acceptors (Lipinski definition) is 5. The van der Waals surface area contributed by atoms with E-state index in [1.165, 1.54) is 5.56 Å². The number of nitrogens with zero attached hydrogens (tertiary/aromatic N) is 3. The number of rotatable bonds is 5. The molecule has 0 aliphatic carbocycles. The van der Waals surface area contributed by atoms with Crippen molar-refractivity contribution in [3.63, 3.8) is 0 Å². The van der Waals surface area contributed by atoms with Crippen molar-refractivity contribution in [2.24, 2.45) is 0 Å². The zero-order valence-electron chi connectivity index (χ0n) is 14.5. The smallest absolute Gasteiger partial charge is 0.239 e. The summed E-state index contributed by atoms with van der Waals surface area (Å²) in [5, 5.41) is 7.30. The highest BCUT2D eigenvalue weighted by Gasteiger charge is 2.23. The maximum absolute atomic E-state index is 12.1. The molecule has 1 atom stereocenters. The van der Waals surface area contributed by atoms with Crippen LogP contribution in [-0.4, -0.2) is 53.6 Å². The second-order valence-corrected chi connectivity index (χ2v) is 6.85. The summed E-state index contributed by atoms with van der Waals surface area (Å²) in [6, 6.07) is 10.1. The van der Waals surface area contributed by atoms with Gasteiger partial charge in [0.05, 0.1) is 6.54 Å². The van der Waals surface area contributed by atoms with Gasteiger partial charge in [0.15, 0.2) is 5.82 Å². The van der Waals surface area contributed by atoms with Crippen LogP contribution in [0.4, 0.5) is 5.82 Å². The van der Waals surface area contributed by atoms with Gasteiger partial charge in [-0.3, -0.25) is 14.6 Å². The molecule has 1 aromatic carbocycles. The molecule has 1 aliphatic rings. The first kappa shape index (κ1) is 17.9. The normalized spacial score (nSPS) is 17.4. The third kappa shape index (κ3) is 4.81. The number of piperazine rings is 1. The van der Waals surface area contributed by atoms with Crippen molar-refractivity contribution >= 4 is 23.3 Å². The van der Waals surface area contributed by atoms with Crippen molar-refractivity contribution in [3.8, 4) is 0 Å². The van der Waals surface area contributed by atoms with E-state index in [2.05, 4.69) is 39.3 Å². The van der Waals surface area contributed by atoms with Crippen LogP contribution < -0.4 is 5.32 Å². The van der Waals surface area contributed by atoms with E-state index in [4.69, 9.17) is 16.1 Å². The molecule has 1 fully saturated rings. The van der Waals surface area contributed by atoms with Gasteiger partial charge in [0.1, 0.15) is 5.76 Å². The largest absolute Gasteiger partial charge is 0.360 e. The molecule has 1 N–H and O–H groups in total. The summed E-state index contributed by atoms with van der Waals surface area (Å²) in [5.41, 5.74) is 1.26. The maximum atomic E-state index is 12.1. The number of aryl methyl sites for hydroxylation is 1. The zero-order chi connectivity index (χ0) is 17.8. The van der Waals surface area contributed by atoms with Crippen molar-refractivity contribution in [1.82, 2.24) is 15.0 Å². The molecule has 1 aliphatic heterocycles. The Balaban J connectivity index is 1.46. The number of halogens is 1. The summed E-state index contributed by atoms with van der Waals surface area (Å²) in [5.74, 6) is 1.09. The third-order valence-corrected chi connectivity index (χ3v) is 4.82. The average Bonchev–Trinajstić information content (AvgIpc) is 3.00. The Morgan fingerprint density at radius 2 is 1.96 bits per heavy atom. The Morgan fingerprint density at radius 3 is 2.56 bits per heavy atom. The zero-order valence-corrected chi connectivity index (χ0v) is 15.3. The van der Waals surface area contributed by atoms with Gasteiger partial charge in [0, 0.05) is 43.3 Å². The van der Waals surface area contributed by atoms with E-state index < -0.39 is 0 Å². The van der Waals surface area contributed by atoms with Crippen molar-refractivity contribution in [3.05, 3.63) is 46.7 Å². The third-order valence-electron chi connectivity index (χ3n) is 4.57. The second kappa shape index (κ2) is 7.99. The lowest BCUT2D eigenvalue weighted by Crippen LogP contribution is -2.49. The first-order chi connectivity index (χ1) is 12.0. The summed E-state index contributed by atoms with van der Waals surface area (Å²) in [6.45, 7) is 7.96. The number of carbonyl (C=O) groups excluding carboxylic acids is 1. The highest BCUT2D eigenvalue weighted by Crippen LogP contribution is 2.23. The molecule has 2 heterocycles. The summed E-state index contributed by atoms with van der Waals surface area (Å²) >= 11 is 5.96. The van der Waals surface area contributed by atoms with Crippen LogP contribution in [0.25, 0.3) is 0 Å². The molecule has 0 saturated carbocycles. The highest BCUT2D eigenvalue weighted by atomic mass is 35.5. The highest BCUT2D eigenvalue weighted by molar-refractivity contribution is 6.30. The Kier molecular flexibility index (Phi) is 5.73. The van der Waals surface area contributed by atoms with Crippen molar-refractivity contribution in [2.75, 3.05) is 38.0 Å². The number of carbonyl (C=O) groups is 1. The van der Waals surface area contributed by atoms with E-state index in [9.17, 15) is 4.79 Å². The van der Waals surface area contributed by atoms with Gasteiger partial charge in [-0.1, -0.05) is 28.9 Å². The molecule has 0 radical (unpaired) electrons. The van der Waals surface area contributed by atoms with E-state index in [1.807, 2.05) is 12.1 Å². The lowest BCUT2D eigenvalue weighted by atomic mass is 10.1. The minimum atomic E-state index is -0.0625. The molecule has 1 amide bonds. The summed E-state index contributed by atoms with van der Waals surface area (Å²) < 4.78 is 4.95. The van der Waals surface area contributed by atoms with Gasteiger partial charge in [0.25, 0.3) is 0 Å². The van der Waals surface area contributed by atoms with Crippen LogP contribution in [0.3, 0.4) is 0 Å². The Bertz CT molecular complexity index is 708. The molecule has 6 nitrogen and oxygen atoms in total. The van der Waals surface area contributed by atoms with Gasteiger partial charge in [0.2, 0.25) is 5.91 Å². The van der Waals surface area contributed by atoms with Gasteiger partial charge in [-0.15, -0.1) is 0 Å². The number of nitrogens with one attached hydrogen (secondary N) is 1. The molecule has 0 bridgehead atoms. The van der Waals surface area contributed by atoms with Gasteiger partial charge in [-0.05, 0) is 31.5 Å². The van der Waals surface area contributed by atoms with E-state index in [-0.39, 0.29) is 5.91 Å². The first-order valence-electron chi connectivity index (χ1n) is 8.46. The molecule has 25 heavy (non-hydrogen) atoms. The summed E-state index contributed by atoms with van der Waals surface area (Å²) in [6.07, 6.45) is 0. The quantitative estimate of drug-likeness (QED) is 0.886. The molecule has 0 spiro atoms. The number of hydrogen-bond donors (Lipinski definition) is 1. The Hall–Kier alpha value is -1.89. The first-order valence-corrected chi connectivity index (χ1v) is 8.84. The van der Waals surface area contributed by atoms with E-state index in [0.29, 0.717) is 24.2 Å². The fraction of sp³-hybridized carbons (Fsp3) is 0.444. The lowest BCUT2D eigenvalue weighted by molar-refractivity contribution is -0.117. The number of benzene rings is 1. The van der Waals surface area contributed by atoms with Crippen molar-refractivity contribution in [1.29, 1.82) is 0 Å². The summed E-state index contributed by atoms with van der Waals surface area (Å²) in [7, 11) is 0. The van der Waals surface area contributed by atoms with Crippen molar-refractivity contribution in [2.45, 2.75) is 19.9 Å². The van der Waals surface area contributed by atoms with Gasteiger partial charge in [-0.2, -0.15) is 0 Å². The second-order valence-electron chi connectivity index (χ2n) is 6.41. The van der Waals surface area contributed by atoms with E-state index >= 15 is 0 Å². The SMILES string of the molecule is Cc1cc(NC(=O)CN2CCN(C(C)c3ccc(Cl)cc3)CC2)no1. The monoisotopic (exact) mass is 362 g/mol. The van der Waals surface area contributed by atoms with E-state index in [1.54, 1.807) is 13.0 Å². The topological polar surface area (TPSA) is 61.6 Å². The molecule has 134 valence electrons. The van der Waals surface area contributed by atoms with Crippen LogP contribution in [0.15, 0.2) is 34.9 Å². The minimum absolute atomic E-state index is 0.0625. The number of aromatic nitrogens is 1. The molecular formula is C18H23ClN4O2. The molecule has 7 heteroatoms. The predicted octanol–water partition coefficient (Wildman–Crippen LogP) is 2.95. The van der Waals surface area contributed by atoms with Gasteiger partial charge >= 0.3 is 0 Å². The van der Waals surface area contributed by atoms with Crippen LogP contribution in [-0.2, 0) is 4.79 Å². The Labute approximate surface area is 152 Å². The maximum Gasteiger partial charge on any atom is 0.239 e. The summed E-state index contributed by atoms with van der Waals surface area (Å²) in [4.78, 5) is 16.7. The number of amides is 1. The number of anilines is 1. The fourth-order valence-electron chi connectivity index (χ4n) is 3.07. The molecule has 1 saturated heterocycles. The van der Waals surface area contributed by atoms with E-state index in [0.717, 1.165) is 31.2 Å². The molecule has 1 aromatic heterocycles. The average molecular weight is 363 g/mol.